The Labute approximate surface area is 116 Å². The van der Waals surface area contributed by atoms with Crippen LogP contribution in [-0.4, -0.2) is 35.7 Å². The molecule has 19 heavy (non-hydrogen) atoms. The Morgan fingerprint density at radius 3 is 2.53 bits per heavy atom. The number of rotatable bonds is 7. The van der Waals surface area contributed by atoms with E-state index in [9.17, 15) is 9.90 Å². The first-order chi connectivity index (χ1) is 9.11. The van der Waals surface area contributed by atoms with Crippen molar-refractivity contribution in [3.05, 3.63) is 0 Å². The van der Waals surface area contributed by atoms with Crippen LogP contribution in [0.15, 0.2) is 0 Å². The van der Waals surface area contributed by atoms with Gasteiger partial charge in [-0.2, -0.15) is 0 Å². The maximum absolute atomic E-state index is 11.7. The molecule has 2 saturated carbocycles. The minimum Gasteiger partial charge on any atom is -0.388 e. The maximum atomic E-state index is 11.7. The topological polar surface area (TPSA) is 61.4 Å². The number of carbonyl (C=O) groups excluding carboxylic acids is 1. The second-order valence-electron chi connectivity index (χ2n) is 6.33. The molecule has 3 N–H and O–H groups in total. The first-order valence-corrected chi connectivity index (χ1v) is 7.84. The quantitative estimate of drug-likeness (QED) is 0.657. The Kier molecular flexibility index (Phi) is 5.22. The molecule has 0 heterocycles. The van der Waals surface area contributed by atoms with Crippen molar-refractivity contribution in [1.82, 2.24) is 10.6 Å². The summed E-state index contributed by atoms with van der Waals surface area (Å²) in [5.74, 6) is 0.818. The minimum absolute atomic E-state index is 0.0548. The van der Waals surface area contributed by atoms with Crippen molar-refractivity contribution in [2.24, 2.45) is 5.92 Å². The second kappa shape index (κ2) is 6.71. The lowest BCUT2D eigenvalue weighted by molar-refractivity contribution is -0.122. The van der Waals surface area contributed by atoms with E-state index in [2.05, 4.69) is 17.6 Å². The van der Waals surface area contributed by atoms with Crippen LogP contribution in [0.4, 0.5) is 0 Å². The molecule has 2 aliphatic carbocycles. The molecule has 0 aliphatic heterocycles. The number of carbonyl (C=O) groups is 1. The Balaban J connectivity index is 1.59. The fourth-order valence-corrected chi connectivity index (χ4v) is 2.83. The summed E-state index contributed by atoms with van der Waals surface area (Å²) >= 11 is 0. The van der Waals surface area contributed by atoms with Crippen molar-refractivity contribution >= 4 is 5.91 Å². The number of amides is 1. The van der Waals surface area contributed by atoms with Gasteiger partial charge in [0.15, 0.2) is 0 Å². The normalized spacial score (nSPS) is 31.2. The molecular formula is C15H28N2O2. The van der Waals surface area contributed by atoms with Gasteiger partial charge in [0.1, 0.15) is 0 Å². The highest BCUT2D eigenvalue weighted by Crippen LogP contribution is 2.33. The molecule has 0 aromatic rings. The highest BCUT2D eigenvalue weighted by atomic mass is 16.3. The Hall–Kier alpha value is -0.610. The number of aliphatic hydroxyl groups is 1. The second-order valence-corrected chi connectivity index (χ2v) is 6.33. The third-order valence-electron chi connectivity index (χ3n) is 4.59. The van der Waals surface area contributed by atoms with Crippen LogP contribution < -0.4 is 10.6 Å². The molecule has 0 unspecified atom stereocenters. The minimum atomic E-state index is -0.661. The van der Waals surface area contributed by atoms with E-state index in [0.717, 1.165) is 38.1 Å². The van der Waals surface area contributed by atoms with Gasteiger partial charge in [-0.05, 0) is 44.4 Å². The van der Waals surface area contributed by atoms with Crippen molar-refractivity contribution in [2.75, 3.05) is 13.1 Å². The van der Waals surface area contributed by atoms with E-state index < -0.39 is 5.60 Å². The highest BCUT2D eigenvalue weighted by Gasteiger charge is 2.32. The van der Waals surface area contributed by atoms with E-state index in [1.807, 2.05) is 0 Å². The number of nitrogens with one attached hydrogen (secondary N) is 2. The molecule has 4 heteroatoms. The van der Waals surface area contributed by atoms with Crippen LogP contribution in [0.1, 0.15) is 58.3 Å². The maximum Gasteiger partial charge on any atom is 0.221 e. The molecule has 110 valence electrons. The van der Waals surface area contributed by atoms with Crippen molar-refractivity contribution in [3.63, 3.8) is 0 Å². The van der Waals surface area contributed by atoms with Crippen LogP contribution in [0.5, 0.6) is 0 Å². The summed E-state index contributed by atoms with van der Waals surface area (Å²) in [5, 5.41) is 16.6. The lowest BCUT2D eigenvalue weighted by Crippen LogP contribution is -2.45. The zero-order chi connectivity index (χ0) is 13.7. The Bertz CT molecular complexity index is 295. The van der Waals surface area contributed by atoms with Gasteiger partial charge in [-0.25, -0.2) is 0 Å². The van der Waals surface area contributed by atoms with E-state index in [4.69, 9.17) is 0 Å². The van der Waals surface area contributed by atoms with Gasteiger partial charge >= 0.3 is 0 Å². The van der Waals surface area contributed by atoms with Crippen molar-refractivity contribution in [1.29, 1.82) is 0 Å². The SMILES string of the molecule is CCC1CCC(O)(CNC(=O)CCNC2CC2)CC1. The average Bonchev–Trinajstić information content (AvgIpc) is 3.22. The molecule has 0 radical (unpaired) electrons. The summed E-state index contributed by atoms with van der Waals surface area (Å²) in [7, 11) is 0. The third kappa shape index (κ3) is 5.11. The van der Waals surface area contributed by atoms with Gasteiger partial charge in [0.05, 0.1) is 5.60 Å². The van der Waals surface area contributed by atoms with Crippen molar-refractivity contribution < 1.29 is 9.90 Å². The molecule has 0 saturated heterocycles. The fraction of sp³-hybridized carbons (Fsp3) is 0.933. The van der Waals surface area contributed by atoms with E-state index in [1.165, 1.54) is 19.3 Å². The summed E-state index contributed by atoms with van der Waals surface area (Å²) in [6.07, 6.45) is 8.05. The van der Waals surface area contributed by atoms with Crippen LogP contribution in [0.25, 0.3) is 0 Å². The molecule has 0 atom stereocenters. The van der Waals surface area contributed by atoms with Crippen LogP contribution in [0.2, 0.25) is 0 Å². The van der Waals surface area contributed by atoms with Gasteiger partial charge in [0.25, 0.3) is 0 Å². The van der Waals surface area contributed by atoms with E-state index in [-0.39, 0.29) is 5.91 Å². The summed E-state index contributed by atoms with van der Waals surface area (Å²) in [5.41, 5.74) is -0.661. The van der Waals surface area contributed by atoms with Crippen LogP contribution in [0, 0.1) is 5.92 Å². The molecule has 0 aromatic heterocycles. The summed E-state index contributed by atoms with van der Waals surface area (Å²) in [6, 6.07) is 0.654. The average molecular weight is 268 g/mol. The zero-order valence-corrected chi connectivity index (χ0v) is 12.1. The molecule has 0 spiro atoms. The van der Waals surface area contributed by atoms with E-state index in [1.54, 1.807) is 0 Å². The van der Waals surface area contributed by atoms with Crippen molar-refractivity contribution in [2.45, 2.75) is 69.9 Å². The lowest BCUT2D eigenvalue weighted by atomic mass is 9.78. The molecule has 2 aliphatic rings. The van der Waals surface area contributed by atoms with Gasteiger partial charge in [0, 0.05) is 25.6 Å². The van der Waals surface area contributed by atoms with Crippen LogP contribution in [0.3, 0.4) is 0 Å². The first-order valence-electron chi connectivity index (χ1n) is 7.84. The van der Waals surface area contributed by atoms with Gasteiger partial charge in [-0.3, -0.25) is 4.79 Å². The molecular weight excluding hydrogens is 240 g/mol. The Morgan fingerprint density at radius 2 is 1.95 bits per heavy atom. The van der Waals surface area contributed by atoms with Crippen molar-refractivity contribution in [3.8, 4) is 0 Å². The smallest absolute Gasteiger partial charge is 0.221 e. The summed E-state index contributed by atoms with van der Waals surface area (Å²) in [4.78, 5) is 11.7. The van der Waals surface area contributed by atoms with Gasteiger partial charge in [0.2, 0.25) is 5.91 Å². The third-order valence-corrected chi connectivity index (χ3v) is 4.59. The van der Waals surface area contributed by atoms with Gasteiger partial charge in [-0.15, -0.1) is 0 Å². The lowest BCUT2D eigenvalue weighted by Gasteiger charge is -2.35. The van der Waals surface area contributed by atoms with Crippen LogP contribution in [-0.2, 0) is 4.79 Å². The number of hydrogen-bond donors (Lipinski definition) is 3. The van der Waals surface area contributed by atoms with Gasteiger partial charge < -0.3 is 15.7 Å². The first kappa shape index (κ1) is 14.8. The predicted molar refractivity (Wildman–Crippen MR) is 75.9 cm³/mol. The molecule has 2 rings (SSSR count). The monoisotopic (exact) mass is 268 g/mol. The number of hydrogen-bond acceptors (Lipinski definition) is 3. The van der Waals surface area contributed by atoms with Gasteiger partial charge in [-0.1, -0.05) is 13.3 Å². The Morgan fingerprint density at radius 1 is 1.26 bits per heavy atom. The van der Waals surface area contributed by atoms with E-state index in [0.29, 0.717) is 19.0 Å². The zero-order valence-electron chi connectivity index (χ0n) is 12.1. The molecule has 0 bridgehead atoms. The summed E-state index contributed by atoms with van der Waals surface area (Å²) < 4.78 is 0. The molecule has 0 aromatic carbocycles. The highest BCUT2D eigenvalue weighted by molar-refractivity contribution is 5.76. The fourth-order valence-electron chi connectivity index (χ4n) is 2.83. The molecule has 2 fully saturated rings. The molecule has 1 amide bonds. The standard InChI is InChI=1S/C15H28N2O2/c1-2-12-5-8-15(19,9-6-12)11-17-14(18)7-10-16-13-3-4-13/h12-13,16,19H,2-11H2,1H3,(H,17,18). The summed E-state index contributed by atoms with van der Waals surface area (Å²) in [6.45, 7) is 3.39. The molecule has 4 nitrogen and oxygen atoms in total. The largest absolute Gasteiger partial charge is 0.388 e. The predicted octanol–water partition coefficient (Wildman–Crippen LogP) is 1.58. The van der Waals surface area contributed by atoms with E-state index >= 15 is 0 Å². The van der Waals surface area contributed by atoms with Crippen LogP contribution >= 0.6 is 0 Å².